The van der Waals surface area contributed by atoms with Gasteiger partial charge in [0.25, 0.3) is 0 Å². The van der Waals surface area contributed by atoms with E-state index in [1.54, 1.807) is 6.08 Å². The van der Waals surface area contributed by atoms with Gasteiger partial charge in [0, 0.05) is 17.8 Å². The minimum absolute atomic E-state index is 0.00942. The number of halogens is 2. The van der Waals surface area contributed by atoms with Crippen molar-refractivity contribution in [3.63, 3.8) is 0 Å². The lowest BCUT2D eigenvalue weighted by Gasteiger charge is -2.28. The van der Waals surface area contributed by atoms with Gasteiger partial charge < -0.3 is 21.3 Å². The average Bonchev–Trinajstić information content (AvgIpc) is 2.32. The van der Waals surface area contributed by atoms with Gasteiger partial charge in [0.15, 0.2) is 0 Å². The number of nitrogens with one attached hydrogen (secondary N) is 1. The van der Waals surface area contributed by atoms with Gasteiger partial charge in [-0.1, -0.05) is 11.6 Å². The van der Waals surface area contributed by atoms with Crippen LogP contribution in [0.4, 0.5) is 0 Å². The summed E-state index contributed by atoms with van der Waals surface area (Å²) in [5.41, 5.74) is 6.44. The molecular formula is C12H20Cl2N2O2. The second-order valence-electron chi connectivity index (χ2n) is 5.13. The maximum Gasteiger partial charge on any atom is 0.0878 e. The van der Waals surface area contributed by atoms with Crippen LogP contribution >= 0.6 is 23.2 Å². The molecule has 1 unspecified atom stereocenters. The third-order valence-electron chi connectivity index (χ3n) is 2.94. The van der Waals surface area contributed by atoms with E-state index in [0.29, 0.717) is 23.7 Å². The van der Waals surface area contributed by atoms with Gasteiger partial charge in [0.1, 0.15) is 0 Å². The SMILES string of the molecule is CC(C)(CO)NCC(O)C1=CC(Cl)=C(N)[C@@H](Cl)C1. The Morgan fingerprint density at radius 3 is 2.72 bits per heavy atom. The Kier molecular flexibility index (Phi) is 5.49. The number of rotatable bonds is 5. The van der Waals surface area contributed by atoms with Gasteiger partial charge in [0.05, 0.1) is 23.1 Å². The van der Waals surface area contributed by atoms with Crippen molar-refractivity contribution in [2.75, 3.05) is 13.2 Å². The van der Waals surface area contributed by atoms with Crippen LogP contribution in [0.3, 0.4) is 0 Å². The highest BCUT2D eigenvalue weighted by molar-refractivity contribution is 6.33. The molecule has 0 heterocycles. The molecule has 0 saturated heterocycles. The fourth-order valence-electron chi connectivity index (χ4n) is 1.56. The number of β-amino-alcohol motifs (C(OH)–C–C–N with tert-alkyl or cyclic N) is 1. The summed E-state index contributed by atoms with van der Waals surface area (Å²) in [6, 6.07) is 0. The van der Waals surface area contributed by atoms with E-state index in [1.807, 2.05) is 13.8 Å². The number of aliphatic hydroxyl groups is 2. The van der Waals surface area contributed by atoms with E-state index in [1.165, 1.54) is 0 Å². The Morgan fingerprint density at radius 2 is 2.22 bits per heavy atom. The fraction of sp³-hybridized carbons (Fsp3) is 0.667. The van der Waals surface area contributed by atoms with Crippen molar-refractivity contribution in [3.05, 3.63) is 22.4 Å². The summed E-state index contributed by atoms with van der Waals surface area (Å²) < 4.78 is 0. The third-order valence-corrected chi connectivity index (χ3v) is 3.65. The Morgan fingerprint density at radius 1 is 1.61 bits per heavy atom. The first-order valence-electron chi connectivity index (χ1n) is 5.80. The average molecular weight is 295 g/mol. The number of hydrogen-bond donors (Lipinski definition) is 4. The topological polar surface area (TPSA) is 78.5 Å². The molecule has 18 heavy (non-hydrogen) atoms. The molecule has 0 radical (unpaired) electrons. The fourth-order valence-corrected chi connectivity index (χ4v) is 2.19. The second kappa shape index (κ2) is 6.26. The number of alkyl halides is 1. The van der Waals surface area contributed by atoms with Crippen LogP contribution in [-0.4, -0.2) is 40.4 Å². The summed E-state index contributed by atoms with van der Waals surface area (Å²) >= 11 is 12.0. The minimum atomic E-state index is -0.695. The molecule has 4 nitrogen and oxygen atoms in total. The van der Waals surface area contributed by atoms with Crippen LogP contribution in [0.25, 0.3) is 0 Å². The van der Waals surface area contributed by atoms with Crippen LogP contribution in [0, 0.1) is 0 Å². The second-order valence-corrected chi connectivity index (χ2v) is 6.07. The predicted octanol–water partition coefficient (Wildman–Crippen LogP) is 1.05. The Labute approximate surface area is 117 Å². The molecule has 0 aromatic heterocycles. The molecule has 104 valence electrons. The molecule has 0 spiro atoms. The van der Waals surface area contributed by atoms with Crippen molar-refractivity contribution in [2.24, 2.45) is 5.73 Å². The lowest BCUT2D eigenvalue weighted by atomic mass is 9.96. The normalized spacial score (nSPS) is 23.0. The maximum absolute atomic E-state index is 10.1. The molecule has 6 heteroatoms. The summed E-state index contributed by atoms with van der Waals surface area (Å²) in [6.45, 7) is 4.02. The van der Waals surface area contributed by atoms with Crippen LogP contribution in [0.15, 0.2) is 22.4 Å². The number of hydrogen-bond acceptors (Lipinski definition) is 4. The first-order valence-corrected chi connectivity index (χ1v) is 6.62. The monoisotopic (exact) mass is 294 g/mol. The van der Waals surface area contributed by atoms with Gasteiger partial charge in [-0.15, -0.1) is 11.6 Å². The van der Waals surface area contributed by atoms with Gasteiger partial charge in [-0.05, 0) is 31.9 Å². The molecule has 0 aromatic rings. The smallest absolute Gasteiger partial charge is 0.0878 e. The Bertz CT molecular complexity index is 367. The molecular weight excluding hydrogens is 275 g/mol. The zero-order chi connectivity index (χ0) is 13.9. The van der Waals surface area contributed by atoms with E-state index in [4.69, 9.17) is 34.0 Å². The zero-order valence-electron chi connectivity index (χ0n) is 10.6. The quantitative estimate of drug-likeness (QED) is 0.572. The van der Waals surface area contributed by atoms with E-state index in [0.717, 1.165) is 5.57 Å². The largest absolute Gasteiger partial charge is 0.400 e. The molecule has 0 bridgehead atoms. The number of nitrogens with two attached hydrogens (primary N) is 1. The zero-order valence-corrected chi connectivity index (χ0v) is 12.1. The first kappa shape index (κ1) is 15.8. The van der Waals surface area contributed by atoms with Crippen LogP contribution in [0.1, 0.15) is 20.3 Å². The molecule has 0 amide bonds. The van der Waals surface area contributed by atoms with Crippen molar-refractivity contribution >= 4 is 23.2 Å². The van der Waals surface area contributed by atoms with Gasteiger partial charge in [-0.25, -0.2) is 0 Å². The van der Waals surface area contributed by atoms with E-state index in [9.17, 15) is 5.11 Å². The summed E-state index contributed by atoms with van der Waals surface area (Å²) in [5.74, 6) is 0. The van der Waals surface area contributed by atoms with Gasteiger partial charge in [0.2, 0.25) is 0 Å². The summed E-state index contributed by atoms with van der Waals surface area (Å²) in [4.78, 5) is 0. The molecule has 0 fully saturated rings. The van der Waals surface area contributed by atoms with Gasteiger partial charge >= 0.3 is 0 Å². The molecule has 0 saturated carbocycles. The lowest BCUT2D eigenvalue weighted by molar-refractivity contribution is 0.151. The third kappa shape index (κ3) is 4.14. The highest BCUT2D eigenvalue weighted by Gasteiger charge is 2.24. The van der Waals surface area contributed by atoms with Gasteiger partial charge in [-0.3, -0.25) is 0 Å². The molecule has 0 aliphatic heterocycles. The maximum atomic E-state index is 10.1. The van der Waals surface area contributed by atoms with Crippen molar-refractivity contribution < 1.29 is 10.2 Å². The number of aliphatic hydroxyl groups excluding tert-OH is 2. The van der Waals surface area contributed by atoms with Crippen molar-refractivity contribution in [3.8, 4) is 0 Å². The summed E-state index contributed by atoms with van der Waals surface area (Å²) in [5, 5.41) is 22.3. The minimum Gasteiger partial charge on any atom is -0.400 e. The molecule has 1 rings (SSSR count). The predicted molar refractivity (Wildman–Crippen MR) is 74.6 cm³/mol. The molecule has 5 N–H and O–H groups in total. The van der Waals surface area contributed by atoms with Gasteiger partial charge in [-0.2, -0.15) is 0 Å². The Hall–Kier alpha value is -0.260. The van der Waals surface area contributed by atoms with E-state index in [-0.39, 0.29) is 12.0 Å². The molecule has 1 aliphatic carbocycles. The highest BCUT2D eigenvalue weighted by Crippen LogP contribution is 2.29. The van der Waals surface area contributed by atoms with Crippen molar-refractivity contribution in [1.29, 1.82) is 0 Å². The highest BCUT2D eigenvalue weighted by atomic mass is 35.5. The van der Waals surface area contributed by atoms with Crippen molar-refractivity contribution in [2.45, 2.75) is 37.3 Å². The molecule has 0 aromatic carbocycles. The summed E-state index contributed by atoms with van der Waals surface area (Å²) in [7, 11) is 0. The standard InChI is InChI=1S/C12H20Cl2N2O2/c1-12(2,6-17)16-5-10(18)7-3-8(13)11(15)9(14)4-7/h3,9-10,16-18H,4-6,15H2,1-2H3/t9-,10?/m0/s1. The van der Waals surface area contributed by atoms with Crippen molar-refractivity contribution in [1.82, 2.24) is 5.32 Å². The van der Waals surface area contributed by atoms with Crippen LogP contribution in [0.2, 0.25) is 0 Å². The molecule has 1 aliphatic rings. The first-order chi connectivity index (χ1) is 8.26. The van der Waals surface area contributed by atoms with Crippen LogP contribution in [-0.2, 0) is 0 Å². The number of allylic oxidation sites excluding steroid dienone is 3. The summed E-state index contributed by atoms with van der Waals surface area (Å²) in [6.07, 6.45) is 1.44. The van der Waals surface area contributed by atoms with E-state index >= 15 is 0 Å². The van der Waals surface area contributed by atoms with E-state index < -0.39 is 11.6 Å². The Balaban J connectivity index is 2.64. The molecule has 2 atom stereocenters. The van der Waals surface area contributed by atoms with E-state index in [2.05, 4.69) is 5.32 Å². The van der Waals surface area contributed by atoms with Crippen LogP contribution < -0.4 is 11.1 Å². The lowest BCUT2D eigenvalue weighted by Crippen LogP contribution is -2.46. The van der Waals surface area contributed by atoms with Crippen LogP contribution in [0.5, 0.6) is 0 Å².